The third-order valence-corrected chi connectivity index (χ3v) is 5.28. The van der Waals surface area contributed by atoms with Crippen LogP contribution in [-0.2, 0) is 16.6 Å². The third-order valence-electron chi connectivity index (χ3n) is 3.85. The zero-order valence-corrected chi connectivity index (χ0v) is 16.1. The van der Waals surface area contributed by atoms with Crippen LogP contribution in [0.3, 0.4) is 0 Å². The molecule has 0 saturated heterocycles. The van der Waals surface area contributed by atoms with Gasteiger partial charge in [-0.1, -0.05) is 12.1 Å². The number of rotatable bonds is 8. The molecule has 1 heterocycles. The molecule has 0 aliphatic carbocycles. The van der Waals surface area contributed by atoms with Gasteiger partial charge in [-0.2, -0.15) is 0 Å². The highest BCUT2D eigenvalue weighted by Gasteiger charge is 2.26. The second-order valence-corrected chi connectivity index (χ2v) is 7.48. The molecular formula is C19H17N3O6S. The zero-order valence-electron chi connectivity index (χ0n) is 15.3. The first-order valence-electron chi connectivity index (χ1n) is 8.37. The normalized spacial score (nSPS) is 10.9. The number of hydrogen-bond donors (Lipinski definition) is 1. The minimum Gasteiger partial charge on any atom is -0.497 e. The quantitative estimate of drug-likeness (QED) is 0.442. The van der Waals surface area contributed by atoms with Crippen molar-refractivity contribution >= 4 is 21.4 Å². The Hall–Kier alpha value is -3.66. The lowest BCUT2D eigenvalue weighted by molar-refractivity contribution is -0.387. The molecule has 1 aromatic heterocycles. The highest BCUT2D eigenvalue weighted by molar-refractivity contribution is 7.92. The van der Waals surface area contributed by atoms with Crippen LogP contribution >= 0.6 is 0 Å². The largest absolute Gasteiger partial charge is 0.497 e. The molecule has 0 aliphatic rings. The van der Waals surface area contributed by atoms with Crippen molar-refractivity contribution in [3.05, 3.63) is 82.7 Å². The molecule has 1 N–H and O–H groups in total. The highest BCUT2D eigenvalue weighted by atomic mass is 32.2. The Morgan fingerprint density at radius 1 is 1.07 bits per heavy atom. The van der Waals surface area contributed by atoms with Gasteiger partial charge in [0.2, 0.25) is 0 Å². The topological polar surface area (TPSA) is 121 Å². The summed E-state index contributed by atoms with van der Waals surface area (Å²) in [5.74, 6) is 0.598. The molecule has 3 rings (SSSR count). The van der Waals surface area contributed by atoms with Crippen molar-refractivity contribution in [2.45, 2.75) is 11.5 Å². The summed E-state index contributed by atoms with van der Waals surface area (Å²) in [5, 5.41) is 11.3. The van der Waals surface area contributed by atoms with Crippen LogP contribution in [0.2, 0.25) is 0 Å². The maximum absolute atomic E-state index is 12.7. The van der Waals surface area contributed by atoms with E-state index in [2.05, 4.69) is 9.71 Å². The van der Waals surface area contributed by atoms with E-state index in [1.807, 2.05) is 6.07 Å². The van der Waals surface area contributed by atoms with Gasteiger partial charge in [0.15, 0.2) is 4.90 Å². The van der Waals surface area contributed by atoms with Crippen LogP contribution in [0.4, 0.5) is 11.4 Å². The molecule has 0 radical (unpaired) electrons. The molecule has 0 bridgehead atoms. The van der Waals surface area contributed by atoms with Gasteiger partial charge in [0, 0.05) is 12.3 Å². The summed E-state index contributed by atoms with van der Waals surface area (Å²) < 4.78 is 38.3. The summed E-state index contributed by atoms with van der Waals surface area (Å²) in [5.41, 5.74) is 0.334. The molecule has 2 aromatic carbocycles. The average Bonchev–Trinajstić information content (AvgIpc) is 2.72. The van der Waals surface area contributed by atoms with E-state index in [0.29, 0.717) is 11.4 Å². The lowest BCUT2D eigenvalue weighted by Crippen LogP contribution is -2.15. The van der Waals surface area contributed by atoms with Gasteiger partial charge in [0.25, 0.3) is 15.7 Å². The first-order chi connectivity index (χ1) is 13.9. The molecule has 0 amide bonds. The minimum atomic E-state index is -4.21. The molecule has 0 saturated carbocycles. The van der Waals surface area contributed by atoms with Crippen molar-refractivity contribution < 1.29 is 22.8 Å². The summed E-state index contributed by atoms with van der Waals surface area (Å²) in [6.07, 6.45) is 1.64. The van der Waals surface area contributed by atoms with Gasteiger partial charge in [-0.15, -0.1) is 0 Å². The number of nitrogens with zero attached hydrogens (tertiary/aromatic N) is 2. The SMILES string of the molecule is COc1ccc(S(=O)(=O)Nc2cccc(OCc3ccccn3)c2)c([N+](=O)[O-])c1. The fraction of sp³-hybridized carbons (Fsp3) is 0.105. The Morgan fingerprint density at radius 3 is 2.59 bits per heavy atom. The second kappa shape index (κ2) is 8.57. The third kappa shape index (κ3) is 4.99. The molecule has 29 heavy (non-hydrogen) atoms. The maximum Gasteiger partial charge on any atom is 0.293 e. The standard InChI is InChI=1S/C19H17N3O6S/c1-27-16-8-9-19(18(12-16)22(23)24)29(25,26)21-14-6-4-7-17(11-14)28-13-15-5-2-3-10-20-15/h2-12,21H,13H2,1H3. The van der Waals surface area contributed by atoms with Gasteiger partial charge in [-0.25, -0.2) is 8.42 Å². The van der Waals surface area contributed by atoms with Crippen molar-refractivity contribution in [2.75, 3.05) is 11.8 Å². The van der Waals surface area contributed by atoms with Crippen molar-refractivity contribution in [3.8, 4) is 11.5 Å². The van der Waals surface area contributed by atoms with E-state index in [1.165, 1.54) is 25.3 Å². The van der Waals surface area contributed by atoms with Gasteiger partial charge in [0.1, 0.15) is 18.1 Å². The van der Waals surface area contributed by atoms with Crippen LogP contribution in [0.5, 0.6) is 11.5 Å². The van der Waals surface area contributed by atoms with Gasteiger partial charge in [-0.05, 0) is 36.4 Å². The number of sulfonamides is 1. The Kier molecular flexibility index (Phi) is 5.93. The summed E-state index contributed by atoms with van der Waals surface area (Å²) in [6.45, 7) is 0.209. The van der Waals surface area contributed by atoms with Gasteiger partial charge in [-0.3, -0.25) is 19.8 Å². The maximum atomic E-state index is 12.7. The number of nitro groups is 1. The first kappa shape index (κ1) is 20.1. The van der Waals surface area contributed by atoms with Crippen LogP contribution in [-0.4, -0.2) is 25.4 Å². The summed E-state index contributed by atoms with van der Waals surface area (Å²) in [6, 6.07) is 15.2. The molecule has 10 heteroatoms. The Bertz CT molecular complexity index is 1120. The molecule has 0 atom stereocenters. The van der Waals surface area contributed by atoms with Gasteiger partial charge < -0.3 is 9.47 Å². The van der Waals surface area contributed by atoms with E-state index in [9.17, 15) is 18.5 Å². The minimum absolute atomic E-state index is 0.181. The lowest BCUT2D eigenvalue weighted by Gasteiger charge is -2.11. The Labute approximate surface area is 167 Å². The number of nitrogens with one attached hydrogen (secondary N) is 1. The smallest absolute Gasteiger partial charge is 0.293 e. The van der Waals surface area contributed by atoms with E-state index in [-0.39, 0.29) is 18.0 Å². The number of pyridine rings is 1. The van der Waals surface area contributed by atoms with Crippen LogP contribution in [0.25, 0.3) is 0 Å². The van der Waals surface area contributed by atoms with Crippen molar-refractivity contribution in [1.29, 1.82) is 0 Å². The van der Waals surface area contributed by atoms with E-state index >= 15 is 0 Å². The summed E-state index contributed by atoms with van der Waals surface area (Å²) in [4.78, 5) is 14.2. The predicted octanol–water partition coefficient (Wildman–Crippen LogP) is 3.38. The summed E-state index contributed by atoms with van der Waals surface area (Å²) in [7, 11) is -2.88. The van der Waals surface area contributed by atoms with Crippen LogP contribution in [0.1, 0.15) is 5.69 Å². The second-order valence-electron chi connectivity index (χ2n) is 5.83. The van der Waals surface area contributed by atoms with Gasteiger partial charge >= 0.3 is 0 Å². The van der Waals surface area contributed by atoms with Crippen molar-refractivity contribution in [1.82, 2.24) is 4.98 Å². The lowest BCUT2D eigenvalue weighted by atomic mass is 10.3. The number of hydrogen-bond acceptors (Lipinski definition) is 7. The van der Waals surface area contributed by atoms with Crippen LogP contribution < -0.4 is 14.2 Å². The fourth-order valence-electron chi connectivity index (χ4n) is 2.49. The van der Waals surface area contributed by atoms with Gasteiger partial charge in [0.05, 0.1) is 29.5 Å². The molecule has 0 fully saturated rings. The molecule has 0 unspecified atom stereocenters. The molecule has 150 valence electrons. The number of nitro benzene ring substituents is 1. The van der Waals surface area contributed by atoms with E-state index in [4.69, 9.17) is 9.47 Å². The van der Waals surface area contributed by atoms with E-state index in [0.717, 1.165) is 12.1 Å². The van der Waals surface area contributed by atoms with E-state index in [1.54, 1.807) is 30.5 Å². The number of benzene rings is 2. The molecule has 9 nitrogen and oxygen atoms in total. The van der Waals surface area contributed by atoms with Crippen molar-refractivity contribution in [2.24, 2.45) is 0 Å². The molecule has 3 aromatic rings. The Balaban J connectivity index is 1.81. The summed E-state index contributed by atoms with van der Waals surface area (Å²) >= 11 is 0. The highest BCUT2D eigenvalue weighted by Crippen LogP contribution is 2.30. The first-order valence-corrected chi connectivity index (χ1v) is 9.85. The van der Waals surface area contributed by atoms with Crippen LogP contribution in [0, 0.1) is 10.1 Å². The fourth-order valence-corrected chi connectivity index (χ4v) is 3.70. The number of ether oxygens (including phenoxy) is 2. The zero-order chi connectivity index (χ0) is 20.9. The molecule has 0 spiro atoms. The monoisotopic (exact) mass is 415 g/mol. The van der Waals surface area contributed by atoms with Crippen molar-refractivity contribution in [3.63, 3.8) is 0 Å². The van der Waals surface area contributed by atoms with Crippen LogP contribution in [0.15, 0.2) is 71.8 Å². The van der Waals surface area contributed by atoms with E-state index < -0.39 is 25.5 Å². The molecular weight excluding hydrogens is 398 g/mol. The number of aromatic nitrogens is 1. The number of anilines is 1. The Morgan fingerprint density at radius 2 is 1.90 bits per heavy atom. The number of methoxy groups -OCH3 is 1. The predicted molar refractivity (Wildman–Crippen MR) is 105 cm³/mol. The molecule has 0 aliphatic heterocycles. The average molecular weight is 415 g/mol.